The van der Waals surface area contributed by atoms with Crippen LogP contribution in [-0.2, 0) is 11.2 Å². The summed E-state index contributed by atoms with van der Waals surface area (Å²) in [5.74, 6) is 0.762. The molecule has 19 heavy (non-hydrogen) atoms. The summed E-state index contributed by atoms with van der Waals surface area (Å²) < 4.78 is 5.99. The minimum atomic E-state index is -0.541. The van der Waals surface area contributed by atoms with Gasteiger partial charge in [-0.05, 0) is 45.1 Å². The lowest BCUT2D eigenvalue weighted by molar-refractivity contribution is -0.119. The van der Waals surface area contributed by atoms with Crippen LogP contribution in [0.15, 0.2) is 40.2 Å². The topological polar surface area (TPSA) is 52.3 Å². The molecule has 0 bridgehead atoms. The third kappa shape index (κ3) is 3.43. The highest BCUT2D eigenvalue weighted by atomic mass is 79.9. The summed E-state index contributed by atoms with van der Waals surface area (Å²) in [6, 6.07) is 8.85. The van der Waals surface area contributed by atoms with Crippen LogP contribution < -0.4 is 10.5 Å². The van der Waals surface area contributed by atoms with Gasteiger partial charge in [0, 0.05) is 11.3 Å². The maximum Gasteiger partial charge on any atom is 0.159 e. The Labute approximate surface area is 124 Å². The highest BCUT2D eigenvalue weighted by Crippen LogP contribution is 2.26. The van der Waals surface area contributed by atoms with E-state index in [4.69, 9.17) is 10.5 Å². The standard InChI is InChI=1S/C14H14BrNO2S/c1-18-12-5-4-9(7-10(12)15)8-11(17)14(16)13-3-2-6-19-13/h2-7,14H,8,16H2,1H3. The van der Waals surface area contributed by atoms with Crippen LogP contribution in [0.3, 0.4) is 0 Å². The molecule has 5 heteroatoms. The Morgan fingerprint density at radius 1 is 1.47 bits per heavy atom. The van der Waals surface area contributed by atoms with Crippen molar-refractivity contribution in [3.05, 3.63) is 50.6 Å². The molecule has 1 atom stereocenters. The Morgan fingerprint density at radius 3 is 2.84 bits per heavy atom. The fourth-order valence-corrected chi connectivity index (χ4v) is 3.10. The van der Waals surface area contributed by atoms with Crippen LogP contribution in [-0.4, -0.2) is 12.9 Å². The highest BCUT2D eigenvalue weighted by molar-refractivity contribution is 9.10. The number of benzene rings is 1. The van der Waals surface area contributed by atoms with Gasteiger partial charge in [0.1, 0.15) is 5.75 Å². The first-order valence-electron chi connectivity index (χ1n) is 5.76. The third-order valence-electron chi connectivity index (χ3n) is 2.79. The van der Waals surface area contributed by atoms with Crippen molar-refractivity contribution in [1.29, 1.82) is 0 Å². The number of ketones is 1. The smallest absolute Gasteiger partial charge is 0.159 e. The summed E-state index contributed by atoms with van der Waals surface area (Å²) in [5, 5.41) is 1.92. The molecule has 2 N–H and O–H groups in total. The zero-order valence-electron chi connectivity index (χ0n) is 10.4. The number of rotatable bonds is 5. The molecule has 3 nitrogen and oxygen atoms in total. The van der Waals surface area contributed by atoms with E-state index in [2.05, 4.69) is 15.9 Å². The Balaban J connectivity index is 2.09. The lowest BCUT2D eigenvalue weighted by Crippen LogP contribution is -2.22. The average Bonchev–Trinajstić information content (AvgIpc) is 2.92. The van der Waals surface area contributed by atoms with Crippen LogP contribution >= 0.6 is 27.3 Å². The molecule has 0 aliphatic carbocycles. The first-order valence-corrected chi connectivity index (χ1v) is 7.43. The quantitative estimate of drug-likeness (QED) is 0.908. The fourth-order valence-electron chi connectivity index (χ4n) is 1.76. The van der Waals surface area contributed by atoms with E-state index in [0.29, 0.717) is 6.42 Å². The lowest BCUT2D eigenvalue weighted by atomic mass is 10.0. The van der Waals surface area contributed by atoms with Gasteiger partial charge in [-0.2, -0.15) is 0 Å². The Bertz CT molecular complexity index is 569. The van der Waals surface area contributed by atoms with Gasteiger partial charge >= 0.3 is 0 Å². The SMILES string of the molecule is COc1ccc(CC(=O)C(N)c2cccs2)cc1Br. The largest absolute Gasteiger partial charge is 0.496 e. The lowest BCUT2D eigenvalue weighted by Gasteiger charge is -2.10. The van der Waals surface area contributed by atoms with Crippen LogP contribution in [0, 0.1) is 0 Å². The van der Waals surface area contributed by atoms with Gasteiger partial charge < -0.3 is 10.5 Å². The Kier molecular flexibility index (Phi) is 4.74. The summed E-state index contributed by atoms with van der Waals surface area (Å²) >= 11 is 4.91. The first-order chi connectivity index (χ1) is 9.11. The van der Waals surface area contributed by atoms with Gasteiger partial charge in [0.15, 0.2) is 5.78 Å². The number of halogens is 1. The predicted octanol–water partition coefficient (Wildman–Crippen LogP) is 3.33. The number of hydrogen-bond donors (Lipinski definition) is 1. The summed E-state index contributed by atoms with van der Waals surface area (Å²) in [6.45, 7) is 0. The number of ether oxygens (including phenoxy) is 1. The zero-order valence-corrected chi connectivity index (χ0v) is 12.8. The predicted molar refractivity (Wildman–Crippen MR) is 80.7 cm³/mol. The first kappa shape index (κ1) is 14.2. The minimum Gasteiger partial charge on any atom is -0.496 e. The van der Waals surface area contributed by atoms with E-state index in [1.54, 1.807) is 7.11 Å². The van der Waals surface area contributed by atoms with Crippen LogP contribution in [0.4, 0.5) is 0 Å². The van der Waals surface area contributed by atoms with Crippen molar-refractivity contribution in [2.75, 3.05) is 7.11 Å². The number of hydrogen-bond acceptors (Lipinski definition) is 4. The molecule has 0 radical (unpaired) electrons. The normalized spacial score (nSPS) is 12.2. The van der Waals surface area contributed by atoms with Crippen LogP contribution in [0.1, 0.15) is 16.5 Å². The van der Waals surface area contributed by atoms with Crippen LogP contribution in [0.5, 0.6) is 5.75 Å². The second-order valence-electron chi connectivity index (χ2n) is 4.11. The molecule has 0 aliphatic rings. The number of methoxy groups -OCH3 is 1. The van der Waals surface area contributed by atoms with Crippen molar-refractivity contribution in [1.82, 2.24) is 0 Å². The van der Waals surface area contributed by atoms with Crippen molar-refractivity contribution < 1.29 is 9.53 Å². The van der Waals surface area contributed by atoms with E-state index < -0.39 is 6.04 Å². The Morgan fingerprint density at radius 2 is 2.26 bits per heavy atom. The van der Waals surface area contributed by atoms with Gasteiger partial charge in [0.2, 0.25) is 0 Å². The van der Waals surface area contributed by atoms with Gasteiger partial charge in [-0.15, -0.1) is 11.3 Å². The zero-order chi connectivity index (χ0) is 13.8. The molecule has 2 aromatic rings. The molecule has 0 saturated heterocycles. The second-order valence-corrected chi connectivity index (χ2v) is 5.94. The van der Waals surface area contributed by atoms with E-state index >= 15 is 0 Å². The van der Waals surface area contributed by atoms with E-state index in [1.807, 2.05) is 35.7 Å². The fraction of sp³-hybridized carbons (Fsp3) is 0.214. The van der Waals surface area contributed by atoms with E-state index in [0.717, 1.165) is 20.7 Å². The minimum absolute atomic E-state index is 0.0134. The van der Waals surface area contributed by atoms with E-state index in [1.165, 1.54) is 11.3 Å². The van der Waals surface area contributed by atoms with Crippen LogP contribution in [0.2, 0.25) is 0 Å². The van der Waals surface area contributed by atoms with Crippen molar-refractivity contribution in [2.45, 2.75) is 12.5 Å². The van der Waals surface area contributed by atoms with E-state index in [-0.39, 0.29) is 5.78 Å². The third-order valence-corrected chi connectivity index (χ3v) is 4.37. The maximum absolute atomic E-state index is 12.1. The molecule has 1 unspecified atom stereocenters. The molecule has 2 rings (SSSR count). The number of carbonyl (C=O) groups excluding carboxylic acids is 1. The molecule has 0 amide bonds. The van der Waals surface area contributed by atoms with Gasteiger partial charge in [0.25, 0.3) is 0 Å². The van der Waals surface area contributed by atoms with Crippen molar-refractivity contribution >= 4 is 33.0 Å². The molecule has 1 heterocycles. The Hall–Kier alpha value is -1.17. The van der Waals surface area contributed by atoms with E-state index in [9.17, 15) is 4.79 Å². The molecule has 0 saturated carbocycles. The number of Topliss-reactive ketones (excluding diaryl/α,β-unsaturated/α-hetero) is 1. The molecule has 0 spiro atoms. The summed E-state index contributed by atoms with van der Waals surface area (Å²) in [6.07, 6.45) is 0.321. The number of carbonyl (C=O) groups is 1. The van der Waals surface area contributed by atoms with Gasteiger partial charge in [-0.3, -0.25) is 4.79 Å². The van der Waals surface area contributed by atoms with Gasteiger partial charge in [-0.1, -0.05) is 12.1 Å². The molecule has 1 aromatic carbocycles. The second kappa shape index (κ2) is 6.32. The average molecular weight is 340 g/mol. The molecule has 0 aliphatic heterocycles. The number of nitrogens with two attached hydrogens (primary N) is 1. The maximum atomic E-state index is 12.1. The molecule has 1 aromatic heterocycles. The molecule has 0 fully saturated rings. The molecule has 100 valence electrons. The summed E-state index contributed by atoms with van der Waals surface area (Å²) in [4.78, 5) is 13.0. The van der Waals surface area contributed by atoms with Gasteiger partial charge in [-0.25, -0.2) is 0 Å². The highest BCUT2D eigenvalue weighted by Gasteiger charge is 2.17. The van der Waals surface area contributed by atoms with Crippen molar-refractivity contribution in [3.8, 4) is 5.75 Å². The number of thiophene rings is 1. The van der Waals surface area contributed by atoms with Crippen LogP contribution in [0.25, 0.3) is 0 Å². The van der Waals surface area contributed by atoms with Crippen molar-refractivity contribution in [3.63, 3.8) is 0 Å². The molecular weight excluding hydrogens is 326 g/mol. The summed E-state index contributed by atoms with van der Waals surface area (Å²) in [7, 11) is 1.61. The summed E-state index contributed by atoms with van der Waals surface area (Å²) in [5.41, 5.74) is 6.87. The van der Waals surface area contributed by atoms with Crippen molar-refractivity contribution in [2.24, 2.45) is 5.73 Å². The monoisotopic (exact) mass is 339 g/mol. The van der Waals surface area contributed by atoms with Gasteiger partial charge in [0.05, 0.1) is 17.6 Å². The molecular formula is C14H14BrNO2S.